The van der Waals surface area contributed by atoms with Crippen molar-refractivity contribution in [2.45, 2.75) is 0 Å². The zero-order valence-electron chi connectivity index (χ0n) is 16.2. The number of nitrogen functional groups attached to an aromatic ring is 1. The van der Waals surface area contributed by atoms with E-state index in [2.05, 4.69) is 25.2 Å². The Morgan fingerprint density at radius 3 is 2.68 bits per heavy atom. The van der Waals surface area contributed by atoms with Crippen LogP contribution in [0.1, 0.15) is 0 Å². The average molecular weight is 459 g/mol. The van der Waals surface area contributed by atoms with Crippen LogP contribution in [-0.4, -0.2) is 41.1 Å². The van der Waals surface area contributed by atoms with Gasteiger partial charge in [-0.3, -0.25) is 0 Å². The van der Waals surface area contributed by atoms with Crippen molar-refractivity contribution in [1.82, 2.24) is 20.3 Å². The molecule has 0 amide bonds. The van der Waals surface area contributed by atoms with Crippen LogP contribution in [0.25, 0.3) is 32.2 Å². The first-order valence-electron chi connectivity index (χ1n) is 9.94. The van der Waals surface area contributed by atoms with Crippen LogP contribution in [0, 0.1) is 23.5 Å². The number of hydrogen-bond acceptors (Lipinski definition) is 7. The molecule has 3 N–H and O–H groups in total. The summed E-state index contributed by atoms with van der Waals surface area (Å²) in [6.45, 7) is 3.70. The van der Waals surface area contributed by atoms with E-state index in [1.54, 1.807) is 6.07 Å². The first-order valence-corrected chi connectivity index (χ1v) is 11.1. The topological polar surface area (TPSA) is 80.0 Å². The van der Waals surface area contributed by atoms with Gasteiger partial charge in [0.1, 0.15) is 23.5 Å². The Morgan fingerprint density at radius 2 is 1.90 bits per heavy atom. The fourth-order valence-electron chi connectivity index (χ4n) is 4.84. The lowest BCUT2D eigenvalue weighted by atomic mass is 10.0. The fourth-order valence-corrected chi connectivity index (χ4v) is 5.90. The van der Waals surface area contributed by atoms with Crippen molar-refractivity contribution in [3.8, 4) is 11.1 Å². The van der Waals surface area contributed by atoms with Gasteiger partial charge < -0.3 is 16.0 Å². The third-order valence-electron chi connectivity index (χ3n) is 6.27. The molecule has 10 heteroatoms. The van der Waals surface area contributed by atoms with Crippen LogP contribution in [0.4, 0.5) is 19.7 Å². The average Bonchev–Trinajstić information content (AvgIpc) is 3.44. The van der Waals surface area contributed by atoms with Gasteiger partial charge in [-0.1, -0.05) is 22.9 Å². The van der Waals surface area contributed by atoms with Crippen molar-refractivity contribution in [2.24, 2.45) is 11.8 Å². The summed E-state index contributed by atoms with van der Waals surface area (Å²) in [4.78, 5) is 15.1. The minimum Gasteiger partial charge on any atom is -0.375 e. The van der Waals surface area contributed by atoms with Crippen molar-refractivity contribution in [2.75, 3.05) is 36.8 Å². The number of nitrogens with two attached hydrogens (primary N) is 1. The van der Waals surface area contributed by atoms with Crippen LogP contribution in [0.3, 0.4) is 0 Å². The number of benzene rings is 2. The summed E-state index contributed by atoms with van der Waals surface area (Å²) in [6.07, 6.45) is 1.38. The highest BCUT2D eigenvalue weighted by molar-refractivity contribution is 7.22. The standard InChI is InChI=1S/C21H17ClF2N6S/c22-13-3-12-17(27-8-28-20(12)30-6-9-4-26-5-10(9)7-30)16(24)15(13)11-1-2-14(23)19-18(11)29-21(25)31-19/h1-3,8-10,26H,4-7H2,(H2,25,29). The first kappa shape index (κ1) is 19.1. The van der Waals surface area contributed by atoms with Crippen LogP contribution >= 0.6 is 22.9 Å². The molecule has 6 rings (SSSR count). The van der Waals surface area contributed by atoms with Gasteiger partial charge in [0.2, 0.25) is 0 Å². The van der Waals surface area contributed by atoms with E-state index in [-0.39, 0.29) is 31.5 Å². The summed E-state index contributed by atoms with van der Waals surface area (Å²) in [5, 5.41) is 4.39. The molecule has 2 aliphatic heterocycles. The Kier molecular flexibility index (Phi) is 4.28. The van der Waals surface area contributed by atoms with E-state index >= 15 is 4.39 Å². The molecule has 31 heavy (non-hydrogen) atoms. The Morgan fingerprint density at radius 1 is 1.13 bits per heavy atom. The normalized spacial score (nSPS) is 20.8. The fraction of sp³-hybridized carbons (Fsp3) is 0.286. The highest BCUT2D eigenvalue weighted by atomic mass is 35.5. The molecule has 0 aliphatic carbocycles. The molecule has 2 saturated heterocycles. The van der Waals surface area contributed by atoms with Gasteiger partial charge >= 0.3 is 0 Å². The number of rotatable bonds is 2. The van der Waals surface area contributed by atoms with E-state index in [1.165, 1.54) is 18.5 Å². The van der Waals surface area contributed by atoms with Crippen LogP contribution in [-0.2, 0) is 0 Å². The second-order valence-corrected chi connectivity index (χ2v) is 9.49. The maximum atomic E-state index is 15.8. The van der Waals surface area contributed by atoms with Crippen molar-refractivity contribution >= 4 is 55.0 Å². The van der Waals surface area contributed by atoms with Crippen molar-refractivity contribution in [3.63, 3.8) is 0 Å². The van der Waals surface area contributed by atoms with Crippen LogP contribution < -0.4 is 16.0 Å². The molecule has 2 atom stereocenters. The lowest BCUT2D eigenvalue weighted by Crippen LogP contribution is -2.26. The number of anilines is 2. The van der Waals surface area contributed by atoms with Gasteiger partial charge in [-0.2, -0.15) is 0 Å². The zero-order valence-corrected chi connectivity index (χ0v) is 17.8. The summed E-state index contributed by atoms with van der Waals surface area (Å²) >= 11 is 7.61. The summed E-state index contributed by atoms with van der Waals surface area (Å²) < 4.78 is 30.3. The number of hydrogen-bond donors (Lipinski definition) is 2. The van der Waals surface area contributed by atoms with Crippen LogP contribution in [0.5, 0.6) is 0 Å². The largest absolute Gasteiger partial charge is 0.375 e. The highest BCUT2D eigenvalue weighted by Gasteiger charge is 2.37. The van der Waals surface area contributed by atoms with E-state index in [4.69, 9.17) is 17.3 Å². The number of nitrogens with one attached hydrogen (secondary N) is 1. The molecule has 4 heterocycles. The smallest absolute Gasteiger partial charge is 0.181 e. The third-order valence-corrected chi connectivity index (χ3v) is 7.46. The number of aromatic nitrogens is 3. The van der Waals surface area contributed by atoms with Crippen molar-refractivity contribution in [3.05, 3.63) is 41.2 Å². The highest BCUT2D eigenvalue weighted by Crippen LogP contribution is 2.42. The quantitative estimate of drug-likeness (QED) is 0.471. The van der Waals surface area contributed by atoms with Gasteiger partial charge in [0.15, 0.2) is 10.9 Å². The Labute approximate surface area is 185 Å². The third kappa shape index (κ3) is 2.87. The molecule has 0 radical (unpaired) electrons. The molecular formula is C21H17ClF2N6S. The molecule has 6 nitrogen and oxygen atoms in total. The minimum atomic E-state index is -0.577. The molecule has 0 spiro atoms. The summed E-state index contributed by atoms with van der Waals surface area (Å²) in [5.41, 5.74) is 6.77. The molecule has 0 bridgehead atoms. The first-order chi connectivity index (χ1) is 15.0. The predicted octanol–water partition coefficient (Wildman–Crippen LogP) is 4.08. The van der Waals surface area contributed by atoms with Crippen LogP contribution in [0.2, 0.25) is 5.02 Å². The maximum absolute atomic E-state index is 15.8. The van der Waals surface area contributed by atoms with Crippen molar-refractivity contribution in [1.29, 1.82) is 0 Å². The number of halogens is 3. The summed E-state index contributed by atoms with van der Waals surface area (Å²) in [5.74, 6) is 0.781. The van der Waals surface area contributed by atoms with E-state index in [1.807, 2.05) is 0 Å². The molecule has 0 saturated carbocycles. The molecule has 2 aromatic carbocycles. The van der Waals surface area contributed by atoms with Gasteiger partial charge in [0.05, 0.1) is 15.2 Å². The lowest BCUT2D eigenvalue weighted by Gasteiger charge is -2.21. The van der Waals surface area contributed by atoms with Crippen LogP contribution in [0.15, 0.2) is 24.5 Å². The Bertz CT molecular complexity index is 1350. The molecule has 4 aromatic rings. The van der Waals surface area contributed by atoms with Gasteiger partial charge in [0, 0.05) is 42.7 Å². The van der Waals surface area contributed by atoms with Gasteiger partial charge in [-0.25, -0.2) is 23.7 Å². The van der Waals surface area contributed by atoms with Crippen molar-refractivity contribution < 1.29 is 8.78 Å². The monoisotopic (exact) mass is 458 g/mol. The number of thiazole rings is 1. The van der Waals surface area contributed by atoms with Gasteiger partial charge in [0.25, 0.3) is 0 Å². The van der Waals surface area contributed by atoms with E-state index < -0.39 is 11.6 Å². The van der Waals surface area contributed by atoms with E-state index in [9.17, 15) is 4.39 Å². The summed E-state index contributed by atoms with van der Waals surface area (Å²) in [7, 11) is 0. The second kappa shape index (κ2) is 6.94. The number of fused-ring (bicyclic) bond motifs is 3. The molecule has 2 fully saturated rings. The van der Waals surface area contributed by atoms with E-state index in [0.29, 0.717) is 28.6 Å². The molecule has 2 unspecified atom stereocenters. The molecular weight excluding hydrogens is 442 g/mol. The number of nitrogens with zero attached hydrogens (tertiary/aromatic N) is 4. The van der Waals surface area contributed by atoms with Gasteiger partial charge in [-0.05, 0) is 30.0 Å². The van der Waals surface area contributed by atoms with Gasteiger partial charge in [-0.15, -0.1) is 0 Å². The molecule has 158 valence electrons. The van der Waals surface area contributed by atoms with E-state index in [0.717, 1.165) is 37.5 Å². The second-order valence-electron chi connectivity index (χ2n) is 8.05. The molecule has 2 aliphatic rings. The lowest BCUT2D eigenvalue weighted by molar-refractivity contribution is 0.533. The summed E-state index contributed by atoms with van der Waals surface area (Å²) in [6, 6.07) is 4.45. The molecule has 2 aromatic heterocycles. The Balaban J connectivity index is 1.53. The predicted molar refractivity (Wildman–Crippen MR) is 120 cm³/mol. The minimum absolute atomic E-state index is 0.136. The zero-order chi connectivity index (χ0) is 21.3. The Hall–Kier alpha value is -2.62. The maximum Gasteiger partial charge on any atom is 0.181 e. The SMILES string of the molecule is Nc1nc2c(-c3c(Cl)cc4c(N5CC6CNCC6C5)ncnc4c3F)ccc(F)c2s1.